The molecule has 0 atom stereocenters. The zero-order chi connectivity index (χ0) is 11.5. The lowest BCUT2D eigenvalue weighted by Crippen LogP contribution is -2.10. The van der Waals surface area contributed by atoms with Crippen LogP contribution in [0.1, 0.15) is 16.8 Å². The zero-order valence-electron chi connectivity index (χ0n) is 9.64. The quantitative estimate of drug-likeness (QED) is 0.843. The van der Waals surface area contributed by atoms with Gasteiger partial charge in [-0.2, -0.15) is 0 Å². The van der Waals surface area contributed by atoms with Gasteiger partial charge in [0.05, 0.1) is 17.6 Å². The first-order chi connectivity index (χ1) is 7.74. The van der Waals surface area contributed by atoms with Crippen LogP contribution in [0.25, 0.3) is 5.69 Å². The summed E-state index contributed by atoms with van der Waals surface area (Å²) in [5, 5.41) is 8.06. The van der Waals surface area contributed by atoms with Crippen LogP contribution in [0.3, 0.4) is 0 Å². The van der Waals surface area contributed by atoms with Gasteiger partial charge in [-0.25, -0.2) is 4.68 Å². The third-order valence-corrected chi connectivity index (χ3v) is 2.82. The molecule has 0 radical (unpaired) electrons. The minimum Gasteiger partial charge on any atom is -0.330 e. The Kier molecular flexibility index (Phi) is 3.01. The van der Waals surface area contributed by atoms with Crippen molar-refractivity contribution in [3.8, 4) is 5.69 Å². The van der Waals surface area contributed by atoms with Crippen LogP contribution in [-0.4, -0.2) is 21.5 Å². The maximum Gasteiger partial charge on any atom is 0.0730 e. The number of aryl methyl sites for hydroxylation is 1. The minimum absolute atomic E-state index is 0.609. The van der Waals surface area contributed by atoms with E-state index in [4.69, 9.17) is 5.73 Å². The Bertz CT molecular complexity index is 488. The highest BCUT2D eigenvalue weighted by Gasteiger charge is 2.08. The average molecular weight is 216 g/mol. The Balaban J connectivity index is 2.50. The maximum absolute atomic E-state index is 5.57. The second-order valence-electron chi connectivity index (χ2n) is 3.89. The average Bonchev–Trinajstić information content (AvgIpc) is 2.71. The van der Waals surface area contributed by atoms with Crippen LogP contribution in [0.2, 0.25) is 0 Å². The summed E-state index contributed by atoms with van der Waals surface area (Å²) in [6.45, 7) is 4.80. The smallest absolute Gasteiger partial charge is 0.0730 e. The van der Waals surface area contributed by atoms with E-state index in [2.05, 4.69) is 36.3 Å². The third kappa shape index (κ3) is 1.84. The van der Waals surface area contributed by atoms with Crippen molar-refractivity contribution in [2.45, 2.75) is 20.3 Å². The number of hydrogen-bond donors (Lipinski definition) is 1. The van der Waals surface area contributed by atoms with Crippen LogP contribution < -0.4 is 5.73 Å². The molecule has 4 heteroatoms. The van der Waals surface area contributed by atoms with Crippen molar-refractivity contribution in [1.82, 2.24) is 15.0 Å². The highest BCUT2D eigenvalue weighted by atomic mass is 15.4. The predicted molar refractivity (Wildman–Crippen MR) is 63.6 cm³/mol. The molecule has 2 N–H and O–H groups in total. The summed E-state index contributed by atoms with van der Waals surface area (Å²) in [6, 6.07) is 6.18. The molecule has 4 nitrogen and oxygen atoms in total. The van der Waals surface area contributed by atoms with Crippen LogP contribution in [-0.2, 0) is 6.42 Å². The minimum atomic E-state index is 0.609. The van der Waals surface area contributed by atoms with Gasteiger partial charge in [0, 0.05) is 6.42 Å². The summed E-state index contributed by atoms with van der Waals surface area (Å²) in [5.41, 5.74) is 10.2. The van der Waals surface area contributed by atoms with Gasteiger partial charge < -0.3 is 5.73 Å². The predicted octanol–water partition coefficient (Wildman–Crippen LogP) is 1.39. The van der Waals surface area contributed by atoms with Crippen LogP contribution in [0, 0.1) is 13.8 Å². The molecule has 16 heavy (non-hydrogen) atoms. The molecule has 1 aromatic carbocycles. The second kappa shape index (κ2) is 4.45. The van der Waals surface area contributed by atoms with Gasteiger partial charge in [0.2, 0.25) is 0 Å². The van der Waals surface area contributed by atoms with Gasteiger partial charge in [0.15, 0.2) is 0 Å². The maximum atomic E-state index is 5.57. The molecule has 0 saturated heterocycles. The van der Waals surface area contributed by atoms with Gasteiger partial charge in [-0.3, -0.25) is 0 Å². The van der Waals surface area contributed by atoms with Crippen molar-refractivity contribution in [3.63, 3.8) is 0 Å². The Morgan fingerprint density at radius 2 is 2.12 bits per heavy atom. The molecule has 2 aromatic rings. The van der Waals surface area contributed by atoms with Crippen molar-refractivity contribution < 1.29 is 0 Å². The molecule has 1 heterocycles. The monoisotopic (exact) mass is 216 g/mol. The van der Waals surface area contributed by atoms with Crippen LogP contribution in [0.15, 0.2) is 24.4 Å². The van der Waals surface area contributed by atoms with Crippen LogP contribution in [0.4, 0.5) is 0 Å². The van der Waals surface area contributed by atoms with E-state index >= 15 is 0 Å². The molecule has 0 spiro atoms. The summed E-state index contributed by atoms with van der Waals surface area (Å²) in [5.74, 6) is 0. The lowest BCUT2D eigenvalue weighted by molar-refractivity contribution is 0.750. The van der Waals surface area contributed by atoms with Crippen molar-refractivity contribution in [3.05, 3.63) is 41.2 Å². The Hall–Kier alpha value is -1.68. The van der Waals surface area contributed by atoms with E-state index < -0.39 is 0 Å². The summed E-state index contributed by atoms with van der Waals surface area (Å²) < 4.78 is 1.87. The highest BCUT2D eigenvalue weighted by Crippen LogP contribution is 2.17. The largest absolute Gasteiger partial charge is 0.330 e. The van der Waals surface area contributed by atoms with Gasteiger partial charge in [-0.1, -0.05) is 17.3 Å². The number of benzene rings is 1. The molecule has 0 aliphatic carbocycles. The van der Waals surface area contributed by atoms with E-state index in [1.165, 1.54) is 11.1 Å². The molecule has 0 amide bonds. The molecule has 0 unspecified atom stereocenters. The molecular weight excluding hydrogens is 200 g/mol. The van der Waals surface area contributed by atoms with E-state index in [-0.39, 0.29) is 0 Å². The third-order valence-electron chi connectivity index (χ3n) is 2.82. The number of hydrogen-bond acceptors (Lipinski definition) is 3. The van der Waals surface area contributed by atoms with Gasteiger partial charge in [0.25, 0.3) is 0 Å². The van der Waals surface area contributed by atoms with Crippen LogP contribution >= 0.6 is 0 Å². The lowest BCUT2D eigenvalue weighted by Gasteiger charge is -2.10. The molecule has 84 valence electrons. The van der Waals surface area contributed by atoms with Crippen molar-refractivity contribution in [1.29, 1.82) is 0 Å². The molecule has 1 aromatic heterocycles. The van der Waals surface area contributed by atoms with Crippen molar-refractivity contribution >= 4 is 0 Å². The first-order valence-corrected chi connectivity index (χ1v) is 5.40. The fraction of sp³-hybridized carbons (Fsp3) is 0.333. The molecular formula is C12H16N4. The summed E-state index contributed by atoms with van der Waals surface area (Å²) >= 11 is 0. The van der Waals surface area contributed by atoms with Crippen molar-refractivity contribution in [2.75, 3.05) is 6.54 Å². The Morgan fingerprint density at radius 1 is 1.31 bits per heavy atom. The van der Waals surface area contributed by atoms with E-state index in [9.17, 15) is 0 Å². The lowest BCUT2D eigenvalue weighted by atomic mass is 10.1. The van der Waals surface area contributed by atoms with Crippen LogP contribution in [0.5, 0.6) is 0 Å². The standard InChI is InChI=1S/C12H16N4/c1-9-4-3-5-12(10(9)2)16-11(6-7-13)8-14-15-16/h3-5,8H,6-7,13H2,1-2H3. The van der Waals surface area contributed by atoms with Gasteiger partial charge in [-0.05, 0) is 37.6 Å². The highest BCUT2D eigenvalue weighted by molar-refractivity contribution is 5.44. The molecule has 0 bridgehead atoms. The van der Waals surface area contributed by atoms with E-state index in [0.29, 0.717) is 6.54 Å². The van der Waals surface area contributed by atoms with Crippen molar-refractivity contribution in [2.24, 2.45) is 5.73 Å². The number of nitrogens with two attached hydrogens (primary N) is 1. The van der Waals surface area contributed by atoms with Gasteiger partial charge in [-0.15, -0.1) is 5.10 Å². The van der Waals surface area contributed by atoms with Gasteiger partial charge >= 0.3 is 0 Å². The fourth-order valence-electron chi connectivity index (χ4n) is 1.74. The SMILES string of the molecule is Cc1cccc(-n2nncc2CCN)c1C. The molecule has 0 aliphatic heterocycles. The Labute approximate surface area is 95.1 Å². The van der Waals surface area contributed by atoms with E-state index in [1.807, 2.05) is 10.7 Å². The molecule has 2 rings (SSSR count). The second-order valence-corrected chi connectivity index (χ2v) is 3.89. The summed E-state index contributed by atoms with van der Waals surface area (Å²) in [7, 11) is 0. The summed E-state index contributed by atoms with van der Waals surface area (Å²) in [6.07, 6.45) is 2.56. The molecule has 0 aliphatic rings. The Morgan fingerprint density at radius 3 is 2.88 bits per heavy atom. The number of rotatable bonds is 3. The fourth-order valence-corrected chi connectivity index (χ4v) is 1.74. The molecule has 0 fully saturated rings. The van der Waals surface area contributed by atoms with Gasteiger partial charge in [0.1, 0.15) is 0 Å². The topological polar surface area (TPSA) is 56.7 Å². The summed E-state index contributed by atoms with van der Waals surface area (Å²) in [4.78, 5) is 0. The normalized spacial score (nSPS) is 10.7. The van der Waals surface area contributed by atoms with E-state index in [1.54, 1.807) is 6.20 Å². The number of aromatic nitrogens is 3. The first-order valence-electron chi connectivity index (χ1n) is 5.40. The van der Waals surface area contributed by atoms with E-state index in [0.717, 1.165) is 17.8 Å². The zero-order valence-corrected chi connectivity index (χ0v) is 9.64. The molecule has 0 saturated carbocycles. The first kappa shape index (κ1) is 10.8. The number of nitrogens with zero attached hydrogens (tertiary/aromatic N) is 3.